The van der Waals surface area contributed by atoms with Gasteiger partial charge in [-0.3, -0.25) is 14.4 Å². The summed E-state index contributed by atoms with van der Waals surface area (Å²) in [6.07, 6.45) is -0.137. The predicted octanol–water partition coefficient (Wildman–Crippen LogP) is 3.23. The van der Waals surface area contributed by atoms with Crippen LogP contribution < -0.4 is 10.5 Å². The van der Waals surface area contributed by atoms with Crippen LogP contribution in [0.5, 0.6) is 0 Å². The lowest BCUT2D eigenvalue weighted by Gasteiger charge is -2.22. The van der Waals surface area contributed by atoms with E-state index in [4.69, 9.17) is 4.74 Å². The van der Waals surface area contributed by atoms with Gasteiger partial charge in [0, 0.05) is 24.4 Å². The number of amides is 1. The van der Waals surface area contributed by atoms with E-state index in [1.807, 2.05) is 49.4 Å². The van der Waals surface area contributed by atoms with Gasteiger partial charge < -0.3 is 9.64 Å². The highest BCUT2D eigenvalue weighted by molar-refractivity contribution is 6.04. The predicted molar refractivity (Wildman–Crippen MR) is 124 cm³/mol. The Morgan fingerprint density at radius 3 is 2.34 bits per heavy atom. The number of hydrogen-bond donors (Lipinski definition) is 0. The minimum atomic E-state index is -0.580. The van der Waals surface area contributed by atoms with Crippen molar-refractivity contribution in [2.45, 2.75) is 13.3 Å². The number of ether oxygens (including phenoxy) is 1. The van der Waals surface area contributed by atoms with Crippen molar-refractivity contribution in [3.8, 4) is 0 Å². The fraction of sp³-hybridized carbons (Fsp3) is 0.200. The Kier molecular flexibility index (Phi) is 5.98. The van der Waals surface area contributed by atoms with E-state index in [0.717, 1.165) is 16.5 Å². The quantitative estimate of drug-likeness (QED) is 0.440. The molecule has 3 aromatic carbocycles. The molecular formula is C25H23N3O4. The molecule has 0 spiro atoms. The first-order valence-corrected chi connectivity index (χ1v) is 10.4. The number of anilines is 1. The van der Waals surface area contributed by atoms with E-state index < -0.39 is 5.97 Å². The molecule has 0 aliphatic heterocycles. The molecule has 1 aromatic heterocycles. The van der Waals surface area contributed by atoms with Crippen LogP contribution >= 0.6 is 0 Å². The van der Waals surface area contributed by atoms with E-state index in [1.165, 1.54) is 11.7 Å². The molecule has 0 unspecified atom stereocenters. The molecule has 162 valence electrons. The molecule has 0 saturated heterocycles. The number of esters is 1. The summed E-state index contributed by atoms with van der Waals surface area (Å²) in [5.74, 6) is -0.890. The van der Waals surface area contributed by atoms with Gasteiger partial charge in [-0.25, -0.2) is 4.68 Å². The molecular weight excluding hydrogens is 406 g/mol. The van der Waals surface area contributed by atoms with E-state index >= 15 is 0 Å². The highest BCUT2D eigenvalue weighted by atomic mass is 16.5. The highest BCUT2D eigenvalue weighted by Crippen LogP contribution is 2.26. The zero-order valence-corrected chi connectivity index (χ0v) is 17.9. The monoisotopic (exact) mass is 429 g/mol. The van der Waals surface area contributed by atoms with Gasteiger partial charge in [-0.15, -0.1) is 0 Å². The first-order chi connectivity index (χ1) is 15.5. The van der Waals surface area contributed by atoms with E-state index in [2.05, 4.69) is 5.10 Å². The summed E-state index contributed by atoms with van der Waals surface area (Å²) in [4.78, 5) is 39.2. The molecule has 0 aliphatic rings. The number of aromatic nitrogens is 2. The van der Waals surface area contributed by atoms with Crippen molar-refractivity contribution in [1.82, 2.24) is 9.78 Å². The van der Waals surface area contributed by atoms with Crippen LogP contribution in [0.15, 0.2) is 71.5 Å². The molecule has 1 amide bonds. The third-order valence-electron chi connectivity index (χ3n) is 5.38. The van der Waals surface area contributed by atoms with Crippen molar-refractivity contribution in [3.63, 3.8) is 0 Å². The van der Waals surface area contributed by atoms with Crippen molar-refractivity contribution in [2.24, 2.45) is 7.05 Å². The van der Waals surface area contributed by atoms with Crippen LogP contribution in [0, 0.1) is 0 Å². The lowest BCUT2D eigenvalue weighted by molar-refractivity contribution is -0.147. The first-order valence-electron chi connectivity index (χ1n) is 10.4. The van der Waals surface area contributed by atoms with Gasteiger partial charge in [-0.2, -0.15) is 5.10 Å². The maximum atomic E-state index is 12.9. The van der Waals surface area contributed by atoms with Gasteiger partial charge in [0.2, 0.25) is 0 Å². The minimum Gasteiger partial charge on any atom is -0.455 e. The van der Waals surface area contributed by atoms with Crippen LogP contribution in [-0.4, -0.2) is 34.8 Å². The number of nitrogens with zero attached hydrogens (tertiary/aromatic N) is 3. The lowest BCUT2D eigenvalue weighted by Crippen LogP contribution is -2.35. The fourth-order valence-corrected chi connectivity index (χ4v) is 3.84. The summed E-state index contributed by atoms with van der Waals surface area (Å²) in [7, 11) is 1.54. The normalized spacial score (nSPS) is 10.9. The summed E-state index contributed by atoms with van der Waals surface area (Å²) in [5, 5.41) is 7.28. The summed E-state index contributed by atoms with van der Waals surface area (Å²) in [6, 6.07) is 20.6. The molecule has 0 radical (unpaired) electrons. The van der Waals surface area contributed by atoms with Gasteiger partial charge in [-0.05, 0) is 24.4 Å². The number of carbonyl (C=O) groups is 2. The molecule has 4 aromatic rings. The Morgan fingerprint density at radius 1 is 0.938 bits per heavy atom. The molecule has 0 atom stereocenters. The Bertz CT molecular complexity index is 1370. The number of carbonyl (C=O) groups excluding carboxylic acids is 2. The van der Waals surface area contributed by atoms with Gasteiger partial charge in [0.25, 0.3) is 11.5 Å². The Labute approximate surface area is 184 Å². The van der Waals surface area contributed by atoms with Gasteiger partial charge in [0.05, 0.1) is 23.2 Å². The van der Waals surface area contributed by atoms with Gasteiger partial charge in [0.1, 0.15) is 0 Å². The van der Waals surface area contributed by atoms with Crippen LogP contribution in [0.25, 0.3) is 21.5 Å². The van der Waals surface area contributed by atoms with Gasteiger partial charge >= 0.3 is 5.97 Å². The number of benzene rings is 3. The van der Waals surface area contributed by atoms with Crippen LogP contribution in [0.3, 0.4) is 0 Å². The van der Waals surface area contributed by atoms with Crippen LogP contribution in [0.2, 0.25) is 0 Å². The summed E-state index contributed by atoms with van der Waals surface area (Å²) < 4.78 is 6.49. The molecule has 0 N–H and O–H groups in total. The Morgan fingerprint density at radius 2 is 1.59 bits per heavy atom. The second kappa shape index (κ2) is 9.01. The zero-order valence-electron chi connectivity index (χ0n) is 17.9. The standard InChI is InChI=1S/C25H23N3O4/c1-3-28(22-14-8-10-17-9-4-5-11-18(17)22)23(29)16-32-24(30)15-21-19-12-6-7-13-20(19)25(31)27(2)26-21/h4-14H,3,15-16H2,1-2H3. The van der Waals surface area contributed by atoms with Crippen molar-refractivity contribution in [2.75, 3.05) is 18.1 Å². The molecule has 0 bridgehead atoms. The van der Waals surface area contributed by atoms with Gasteiger partial charge in [0.15, 0.2) is 6.61 Å². The summed E-state index contributed by atoms with van der Waals surface area (Å²) in [6.45, 7) is 1.94. The molecule has 1 heterocycles. The third-order valence-corrected chi connectivity index (χ3v) is 5.38. The number of likely N-dealkylation sites (N-methyl/N-ethyl adjacent to an activating group) is 1. The molecule has 0 saturated carbocycles. The molecule has 0 aliphatic carbocycles. The van der Waals surface area contributed by atoms with E-state index in [9.17, 15) is 14.4 Å². The number of aryl methyl sites for hydroxylation is 1. The van der Waals surface area contributed by atoms with Crippen LogP contribution in [0.4, 0.5) is 5.69 Å². The first kappa shape index (κ1) is 21.2. The molecule has 7 nitrogen and oxygen atoms in total. The number of rotatable bonds is 6. The summed E-state index contributed by atoms with van der Waals surface area (Å²) in [5.41, 5.74) is 0.973. The van der Waals surface area contributed by atoms with E-state index in [-0.39, 0.29) is 24.5 Å². The Balaban J connectivity index is 1.49. The van der Waals surface area contributed by atoms with Gasteiger partial charge in [-0.1, -0.05) is 54.6 Å². The smallest absolute Gasteiger partial charge is 0.312 e. The maximum absolute atomic E-state index is 12.9. The average Bonchev–Trinajstić information content (AvgIpc) is 2.81. The Hall–Kier alpha value is -4.00. The fourth-order valence-electron chi connectivity index (χ4n) is 3.84. The van der Waals surface area contributed by atoms with E-state index in [0.29, 0.717) is 23.0 Å². The topological polar surface area (TPSA) is 81.5 Å². The molecule has 0 fully saturated rings. The van der Waals surface area contributed by atoms with E-state index in [1.54, 1.807) is 29.2 Å². The van der Waals surface area contributed by atoms with Crippen molar-refractivity contribution >= 4 is 39.1 Å². The maximum Gasteiger partial charge on any atom is 0.312 e. The molecule has 7 heteroatoms. The largest absolute Gasteiger partial charge is 0.455 e. The zero-order chi connectivity index (χ0) is 22.7. The van der Waals surface area contributed by atoms with Crippen molar-refractivity contribution < 1.29 is 14.3 Å². The lowest BCUT2D eigenvalue weighted by atomic mass is 10.1. The number of hydrogen-bond acceptors (Lipinski definition) is 5. The average molecular weight is 429 g/mol. The highest BCUT2D eigenvalue weighted by Gasteiger charge is 2.19. The SMILES string of the molecule is CCN(C(=O)COC(=O)Cc1nn(C)c(=O)c2ccccc12)c1cccc2ccccc12. The molecule has 32 heavy (non-hydrogen) atoms. The minimum absolute atomic E-state index is 0.137. The third kappa shape index (κ3) is 4.09. The second-order valence-corrected chi connectivity index (χ2v) is 7.39. The van der Waals surface area contributed by atoms with Crippen molar-refractivity contribution in [1.29, 1.82) is 0 Å². The van der Waals surface area contributed by atoms with Crippen LogP contribution in [0.1, 0.15) is 12.6 Å². The number of fused-ring (bicyclic) bond motifs is 2. The second-order valence-electron chi connectivity index (χ2n) is 7.39. The van der Waals surface area contributed by atoms with Crippen molar-refractivity contribution in [3.05, 3.63) is 82.8 Å². The summed E-state index contributed by atoms with van der Waals surface area (Å²) >= 11 is 0. The van der Waals surface area contributed by atoms with Crippen LogP contribution in [-0.2, 0) is 27.8 Å². The molecule has 4 rings (SSSR count).